The zero-order chi connectivity index (χ0) is 18.1. The molecule has 0 fully saturated rings. The molecule has 0 radical (unpaired) electrons. The van der Waals surface area contributed by atoms with Crippen LogP contribution >= 0.6 is 0 Å². The van der Waals surface area contributed by atoms with Gasteiger partial charge in [0.2, 0.25) is 0 Å². The van der Waals surface area contributed by atoms with E-state index in [2.05, 4.69) is 17.6 Å². The van der Waals surface area contributed by atoms with E-state index in [4.69, 9.17) is 0 Å². The summed E-state index contributed by atoms with van der Waals surface area (Å²) in [6, 6.07) is 15.9. The van der Waals surface area contributed by atoms with Gasteiger partial charge in [-0.2, -0.15) is 0 Å². The second kappa shape index (κ2) is 9.59. The summed E-state index contributed by atoms with van der Waals surface area (Å²) in [6.07, 6.45) is 3.25. The van der Waals surface area contributed by atoms with E-state index in [1.807, 2.05) is 30.3 Å². The quantitative estimate of drug-likeness (QED) is 0.678. The molecule has 0 aliphatic rings. The van der Waals surface area contributed by atoms with Gasteiger partial charge in [0.1, 0.15) is 0 Å². The number of anilines is 1. The van der Waals surface area contributed by atoms with E-state index in [1.165, 1.54) is 5.56 Å². The number of carbonyl (C=O) groups excluding carboxylic acids is 2. The molecule has 132 valence electrons. The Hall–Kier alpha value is -2.66. The molecular weight excluding hydrogens is 316 g/mol. The van der Waals surface area contributed by atoms with Gasteiger partial charge in [-0.1, -0.05) is 55.8 Å². The Balaban J connectivity index is 1.92. The first-order valence-corrected chi connectivity index (χ1v) is 8.50. The van der Waals surface area contributed by atoms with E-state index < -0.39 is 17.9 Å². The van der Waals surface area contributed by atoms with Crippen LogP contribution in [0.25, 0.3) is 0 Å². The van der Waals surface area contributed by atoms with Crippen LogP contribution in [0.5, 0.6) is 0 Å². The molecule has 0 heterocycles. The fraction of sp³-hybridized carbons (Fsp3) is 0.300. The zero-order valence-electron chi connectivity index (χ0n) is 14.4. The molecule has 5 nitrogen and oxygen atoms in total. The first-order valence-electron chi connectivity index (χ1n) is 8.50. The van der Waals surface area contributed by atoms with Crippen molar-refractivity contribution in [3.63, 3.8) is 0 Å². The van der Waals surface area contributed by atoms with E-state index in [9.17, 15) is 14.7 Å². The summed E-state index contributed by atoms with van der Waals surface area (Å²) < 4.78 is 0. The number of amides is 2. The van der Waals surface area contributed by atoms with Crippen LogP contribution < -0.4 is 10.6 Å². The molecule has 2 aromatic carbocycles. The van der Waals surface area contributed by atoms with E-state index in [0.717, 1.165) is 24.8 Å². The molecule has 2 aromatic rings. The summed E-state index contributed by atoms with van der Waals surface area (Å²) in [6.45, 7) is 1.86. The molecular formula is C20H24N2O3. The zero-order valence-corrected chi connectivity index (χ0v) is 14.4. The van der Waals surface area contributed by atoms with Crippen molar-refractivity contribution < 1.29 is 14.7 Å². The lowest BCUT2D eigenvalue weighted by molar-refractivity contribution is -0.136. The summed E-state index contributed by atoms with van der Waals surface area (Å²) in [4.78, 5) is 24.1. The van der Waals surface area contributed by atoms with Gasteiger partial charge in [0.25, 0.3) is 0 Å². The highest BCUT2D eigenvalue weighted by atomic mass is 16.3. The third kappa shape index (κ3) is 5.72. The molecule has 0 bridgehead atoms. The molecule has 0 saturated carbocycles. The Labute approximate surface area is 148 Å². The van der Waals surface area contributed by atoms with E-state index >= 15 is 0 Å². The molecule has 3 N–H and O–H groups in total. The number of benzene rings is 2. The average Bonchev–Trinajstić information content (AvgIpc) is 2.66. The van der Waals surface area contributed by atoms with Crippen LogP contribution in [0.3, 0.4) is 0 Å². The summed E-state index contributed by atoms with van der Waals surface area (Å²) >= 11 is 0. The van der Waals surface area contributed by atoms with Gasteiger partial charge >= 0.3 is 11.8 Å². The van der Waals surface area contributed by atoms with Crippen molar-refractivity contribution in [3.8, 4) is 0 Å². The summed E-state index contributed by atoms with van der Waals surface area (Å²) in [5.41, 5.74) is 2.51. The van der Waals surface area contributed by atoms with Gasteiger partial charge in [-0.25, -0.2) is 0 Å². The van der Waals surface area contributed by atoms with Gasteiger partial charge in [0.05, 0.1) is 12.6 Å². The maximum Gasteiger partial charge on any atom is 0.313 e. The van der Waals surface area contributed by atoms with Crippen molar-refractivity contribution in [3.05, 3.63) is 65.7 Å². The minimum absolute atomic E-state index is 0.283. The van der Waals surface area contributed by atoms with Crippen LogP contribution in [0.15, 0.2) is 54.6 Å². The van der Waals surface area contributed by atoms with Crippen molar-refractivity contribution in [1.29, 1.82) is 0 Å². The van der Waals surface area contributed by atoms with Crippen LogP contribution in [-0.4, -0.2) is 23.5 Å². The van der Waals surface area contributed by atoms with Crippen molar-refractivity contribution in [1.82, 2.24) is 5.32 Å². The van der Waals surface area contributed by atoms with Crippen molar-refractivity contribution in [2.24, 2.45) is 0 Å². The smallest absolute Gasteiger partial charge is 0.313 e. The maximum absolute atomic E-state index is 12.1. The minimum Gasteiger partial charge on any atom is -0.394 e. The van der Waals surface area contributed by atoms with Gasteiger partial charge in [0.15, 0.2) is 0 Å². The van der Waals surface area contributed by atoms with Crippen LogP contribution in [0.1, 0.15) is 36.9 Å². The van der Waals surface area contributed by atoms with Gasteiger partial charge in [0, 0.05) is 5.69 Å². The predicted molar refractivity (Wildman–Crippen MR) is 98.1 cm³/mol. The van der Waals surface area contributed by atoms with E-state index in [-0.39, 0.29) is 6.61 Å². The van der Waals surface area contributed by atoms with E-state index in [1.54, 1.807) is 24.3 Å². The lowest BCUT2D eigenvalue weighted by Gasteiger charge is -2.16. The van der Waals surface area contributed by atoms with Gasteiger partial charge in [-0.15, -0.1) is 0 Å². The number of aryl methyl sites for hydroxylation is 1. The standard InChI is InChI=1S/C20H24N2O3/c1-2-3-7-15-10-12-17(13-11-15)21-19(24)20(25)22-18(14-23)16-8-5-4-6-9-16/h4-6,8-13,18,23H,2-3,7,14H2,1H3,(H,21,24)(H,22,25). The molecule has 0 aliphatic heterocycles. The van der Waals surface area contributed by atoms with Crippen molar-refractivity contribution >= 4 is 17.5 Å². The number of nitrogens with one attached hydrogen (secondary N) is 2. The highest BCUT2D eigenvalue weighted by Crippen LogP contribution is 2.13. The second-order valence-electron chi connectivity index (χ2n) is 5.87. The largest absolute Gasteiger partial charge is 0.394 e. The third-order valence-electron chi connectivity index (χ3n) is 3.93. The molecule has 0 saturated heterocycles. The second-order valence-corrected chi connectivity index (χ2v) is 5.87. The van der Waals surface area contributed by atoms with Gasteiger partial charge in [-0.3, -0.25) is 9.59 Å². The maximum atomic E-state index is 12.1. The molecule has 25 heavy (non-hydrogen) atoms. The molecule has 0 aliphatic carbocycles. The van der Waals surface area contributed by atoms with Gasteiger partial charge in [-0.05, 0) is 36.1 Å². The van der Waals surface area contributed by atoms with Crippen LogP contribution in [-0.2, 0) is 16.0 Å². The summed E-state index contributed by atoms with van der Waals surface area (Å²) in [5, 5.41) is 14.6. The predicted octanol–water partition coefficient (Wildman–Crippen LogP) is 2.82. The number of aliphatic hydroxyl groups is 1. The number of carbonyl (C=O) groups is 2. The Bertz CT molecular complexity index is 684. The molecule has 2 amide bonds. The minimum atomic E-state index is -0.780. The van der Waals surface area contributed by atoms with Crippen LogP contribution in [0.4, 0.5) is 5.69 Å². The Morgan fingerprint density at radius 1 is 1.00 bits per heavy atom. The lowest BCUT2D eigenvalue weighted by Crippen LogP contribution is -2.39. The van der Waals surface area contributed by atoms with Crippen LogP contribution in [0, 0.1) is 0 Å². The Morgan fingerprint density at radius 3 is 2.28 bits per heavy atom. The molecule has 0 spiro atoms. The number of rotatable bonds is 7. The Kier molecular flexibility index (Phi) is 7.16. The number of hydrogen-bond donors (Lipinski definition) is 3. The molecule has 0 aromatic heterocycles. The first-order chi connectivity index (χ1) is 12.1. The molecule has 2 rings (SSSR count). The normalized spacial score (nSPS) is 11.6. The highest BCUT2D eigenvalue weighted by Gasteiger charge is 2.19. The topological polar surface area (TPSA) is 78.4 Å². The molecule has 1 atom stereocenters. The number of aliphatic hydroxyl groups excluding tert-OH is 1. The highest BCUT2D eigenvalue weighted by molar-refractivity contribution is 6.39. The van der Waals surface area contributed by atoms with Crippen molar-refractivity contribution in [2.45, 2.75) is 32.2 Å². The summed E-state index contributed by atoms with van der Waals surface area (Å²) in [5.74, 6) is -1.53. The average molecular weight is 340 g/mol. The molecule has 1 unspecified atom stereocenters. The first kappa shape index (κ1) is 18.7. The van der Waals surface area contributed by atoms with Crippen LogP contribution in [0.2, 0.25) is 0 Å². The van der Waals surface area contributed by atoms with Gasteiger partial charge < -0.3 is 15.7 Å². The van der Waals surface area contributed by atoms with E-state index in [0.29, 0.717) is 5.69 Å². The van der Waals surface area contributed by atoms with Crippen molar-refractivity contribution in [2.75, 3.05) is 11.9 Å². The monoisotopic (exact) mass is 340 g/mol. The molecule has 5 heteroatoms. The number of unbranched alkanes of at least 4 members (excludes halogenated alkanes) is 1. The number of hydrogen-bond acceptors (Lipinski definition) is 3. The SMILES string of the molecule is CCCCc1ccc(NC(=O)C(=O)NC(CO)c2ccccc2)cc1. The lowest BCUT2D eigenvalue weighted by atomic mass is 10.1. The fourth-order valence-corrected chi connectivity index (χ4v) is 2.47. The third-order valence-corrected chi connectivity index (χ3v) is 3.93. The Morgan fingerprint density at radius 2 is 1.68 bits per heavy atom. The fourth-order valence-electron chi connectivity index (χ4n) is 2.47. The summed E-state index contributed by atoms with van der Waals surface area (Å²) in [7, 11) is 0.